The van der Waals surface area contributed by atoms with Crippen LogP contribution in [0.3, 0.4) is 0 Å². The molecule has 20 heavy (non-hydrogen) atoms. The number of fused-ring (bicyclic) bond motifs is 1. The Bertz CT molecular complexity index is 630. The minimum atomic E-state index is -0.0192. The van der Waals surface area contributed by atoms with Crippen LogP contribution in [0.2, 0.25) is 0 Å². The molecule has 2 heterocycles. The molecule has 2 aromatic heterocycles. The van der Waals surface area contributed by atoms with Crippen molar-refractivity contribution in [3.8, 4) is 0 Å². The normalized spacial score (nSPS) is 14.6. The van der Waals surface area contributed by atoms with Gasteiger partial charge in [0.25, 0.3) is 5.56 Å². The minimum Gasteiger partial charge on any atom is -0.312 e. The highest BCUT2D eigenvalue weighted by Gasteiger charge is 2.17. The lowest BCUT2D eigenvalue weighted by molar-refractivity contribution is 0.331. The lowest BCUT2D eigenvalue weighted by Gasteiger charge is -2.24. The van der Waals surface area contributed by atoms with Crippen LogP contribution in [-0.2, 0) is 13.6 Å². The molecule has 0 saturated carbocycles. The van der Waals surface area contributed by atoms with E-state index in [0.717, 1.165) is 13.0 Å². The van der Waals surface area contributed by atoms with Crippen molar-refractivity contribution in [2.45, 2.75) is 39.8 Å². The van der Waals surface area contributed by atoms with E-state index < -0.39 is 0 Å². The van der Waals surface area contributed by atoms with Gasteiger partial charge in [0.05, 0.1) is 6.20 Å². The molecule has 2 atom stereocenters. The number of aromatic nitrogens is 4. The molecule has 2 unspecified atom stereocenters. The molecule has 0 aliphatic rings. The molecule has 2 rings (SSSR count). The molecule has 0 bridgehead atoms. The Labute approximate surface area is 118 Å². The average molecular weight is 277 g/mol. The van der Waals surface area contributed by atoms with Crippen LogP contribution in [0.4, 0.5) is 0 Å². The van der Waals surface area contributed by atoms with E-state index >= 15 is 0 Å². The molecule has 0 spiro atoms. The first kappa shape index (κ1) is 14.7. The van der Waals surface area contributed by atoms with Gasteiger partial charge >= 0.3 is 0 Å². The maximum absolute atomic E-state index is 12.4. The Morgan fingerprint density at radius 1 is 1.40 bits per heavy atom. The zero-order valence-electron chi connectivity index (χ0n) is 12.6. The van der Waals surface area contributed by atoms with Crippen LogP contribution < -0.4 is 10.9 Å². The maximum Gasteiger partial charge on any atom is 0.264 e. The predicted molar refractivity (Wildman–Crippen MR) is 79.7 cm³/mol. The number of hydrogen-bond donors (Lipinski definition) is 1. The summed E-state index contributed by atoms with van der Waals surface area (Å²) in [5, 5.41) is 8.12. The summed E-state index contributed by atoms with van der Waals surface area (Å²) < 4.78 is 3.31. The zero-order chi connectivity index (χ0) is 14.7. The summed E-state index contributed by atoms with van der Waals surface area (Å²) in [4.78, 5) is 16.8. The van der Waals surface area contributed by atoms with E-state index in [-0.39, 0.29) is 11.6 Å². The Balaban J connectivity index is 2.32. The van der Waals surface area contributed by atoms with Crippen LogP contribution in [-0.4, -0.2) is 31.9 Å². The highest BCUT2D eigenvalue weighted by molar-refractivity contribution is 5.72. The third kappa shape index (κ3) is 2.75. The van der Waals surface area contributed by atoms with Crippen LogP contribution in [0, 0.1) is 5.92 Å². The molecular formula is C14H23N5O. The van der Waals surface area contributed by atoms with Crippen molar-refractivity contribution < 1.29 is 0 Å². The first-order chi connectivity index (χ1) is 9.58. The molecule has 6 heteroatoms. The van der Waals surface area contributed by atoms with Crippen molar-refractivity contribution in [3.05, 3.63) is 22.9 Å². The molecule has 0 saturated heterocycles. The van der Waals surface area contributed by atoms with Gasteiger partial charge in [-0.1, -0.05) is 27.2 Å². The van der Waals surface area contributed by atoms with Crippen LogP contribution in [0.15, 0.2) is 17.3 Å². The molecule has 0 aliphatic heterocycles. The Morgan fingerprint density at radius 3 is 2.80 bits per heavy atom. The number of nitrogens with one attached hydrogen (secondary N) is 1. The van der Waals surface area contributed by atoms with Gasteiger partial charge in [-0.15, -0.1) is 0 Å². The van der Waals surface area contributed by atoms with Gasteiger partial charge in [0.2, 0.25) is 0 Å². The van der Waals surface area contributed by atoms with Gasteiger partial charge in [-0.25, -0.2) is 4.98 Å². The Hall–Kier alpha value is -1.69. The van der Waals surface area contributed by atoms with Gasteiger partial charge in [-0.05, 0) is 12.5 Å². The van der Waals surface area contributed by atoms with Gasteiger partial charge in [0.15, 0.2) is 5.65 Å². The van der Waals surface area contributed by atoms with Crippen molar-refractivity contribution in [3.63, 3.8) is 0 Å². The summed E-state index contributed by atoms with van der Waals surface area (Å²) in [6, 6.07) is 0.277. The molecule has 2 aromatic rings. The fourth-order valence-corrected chi connectivity index (χ4v) is 2.40. The van der Waals surface area contributed by atoms with E-state index in [1.807, 2.05) is 0 Å². The minimum absolute atomic E-state index is 0.0192. The largest absolute Gasteiger partial charge is 0.312 e. The zero-order valence-corrected chi connectivity index (χ0v) is 12.6. The first-order valence-electron chi connectivity index (χ1n) is 7.19. The third-order valence-corrected chi connectivity index (χ3v) is 3.91. The Morgan fingerprint density at radius 2 is 2.15 bits per heavy atom. The van der Waals surface area contributed by atoms with Gasteiger partial charge in [0.1, 0.15) is 11.7 Å². The number of rotatable bonds is 6. The number of nitrogens with zero attached hydrogens (tertiary/aromatic N) is 4. The van der Waals surface area contributed by atoms with Crippen LogP contribution >= 0.6 is 0 Å². The van der Waals surface area contributed by atoms with E-state index in [1.165, 1.54) is 0 Å². The summed E-state index contributed by atoms with van der Waals surface area (Å²) in [6.45, 7) is 7.99. The Kier molecular flexibility index (Phi) is 4.54. The second-order valence-electron chi connectivity index (χ2n) is 5.26. The van der Waals surface area contributed by atoms with E-state index in [2.05, 4.69) is 36.2 Å². The molecule has 0 aromatic carbocycles. The van der Waals surface area contributed by atoms with Crippen molar-refractivity contribution in [1.29, 1.82) is 0 Å². The van der Waals surface area contributed by atoms with Crippen molar-refractivity contribution in [2.24, 2.45) is 13.0 Å². The third-order valence-electron chi connectivity index (χ3n) is 3.91. The van der Waals surface area contributed by atoms with E-state index in [1.54, 1.807) is 28.8 Å². The number of aryl methyl sites for hydroxylation is 1. The first-order valence-corrected chi connectivity index (χ1v) is 7.19. The van der Waals surface area contributed by atoms with Gasteiger partial charge in [-0.3, -0.25) is 14.0 Å². The summed E-state index contributed by atoms with van der Waals surface area (Å²) in [5.74, 6) is 0.506. The standard InChI is InChI=1S/C14H23N5O/c1-5-10(3)12(15-6-2)8-19-9-16-13-11(14(19)20)7-17-18(13)4/h7,9-10,12,15H,5-6,8H2,1-4H3. The fraction of sp³-hybridized carbons (Fsp3) is 0.643. The molecule has 110 valence electrons. The van der Waals surface area contributed by atoms with E-state index in [4.69, 9.17) is 0 Å². The lowest BCUT2D eigenvalue weighted by Crippen LogP contribution is -2.40. The smallest absolute Gasteiger partial charge is 0.264 e. The van der Waals surface area contributed by atoms with E-state index in [0.29, 0.717) is 23.5 Å². The molecule has 0 amide bonds. The topological polar surface area (TPSA) is 64.7 Å². The quantitative estimate of drug-likeness (QED) is 0.860. The van der Waals surface area contributed by atoms with Gasteiger partial charge < -0.3 is 5.32 Å². The summed E-state index contributed by atoms with van der Waals surface area (Å²) in [5.41, 5.74) is 0.615. The van der Waals surface area contributed by atoms with Crippen LogP contribution in [0.25, 0.3) is 11.0 Å². The maximum atomic E-state index is 12.4. The van der Waals surface area contributed by atoms with E-state index in [9.17, 15) is 4.79 Å². The van der Waals surface area contributed by atoms with Crippen LogP contribution in [0.5, 0.6) is 0 Å². The summed E-state index contributed by atoms with van der Waals surface area (Å²) in [7, 11) is 1.79. The monoisotopic (exact) mass is 277 g/mol. The molecule has 1 N–H and O–H groups in total. The second kappa shape index (κ2) is 6.17. The lowest BCUT2D eigenvalue weighted by atomic mass is 9.99. The fourth-order valence-electron chi connectivity index (χ4n) is 2.40. The molecule has 0 aliphatic carbocycles. The SMILES string of the molecule is CCNC(Cn1cnc2c(cnn2C)c1=O)C(C)CC. The van der Waals surface area contributed by atoms with Crippen LogP contribution in [0.1, 0.15) is 27.2 Å². The average Bonchev–Trinajstić information content (AvgIpc) is 2.82. The highest BCUT2D eigenvalue weighted by Crippen LogP contribution is 2.10. The predicted octanol–water partition coefficient (Wildman–Crippen LogP) is 1.15. The molecular weight excluding hydrogens is 254 g/mol. The highest BCUT2D eigenvalue weighted by atomic mass is 16.1. The van der Waals surface area contributed by atoms with Crippen molar-refractivity contribution in [1.82, 2.24) is 24.6 Å². The second-order valence-corrected chi connectivity index (χ2v) is 5.26. The molecule has 0 fully saturated rings. The van der Waals surface area contributed by atoms with Crippen molar-refractivity contribution in [2.75, 3.05) is 6.54 Å². The van der Waals surface area contributed by atoms with Crippen molar-refractivity contribution >= 4 is 11.0 Å². The number of likely N-dealkylation sites (N-methyl/N-ethyl adjacent to an activating group) is 1. The molecule has 0 radical (unpaired) electrons. The van der Waals surface area contributed by atoms with Gasteiger partial charge in [-0.2, -0.15) is 5.10 Å². The molecule has 6 nitrogen and oxygen atoms in total. The number of hydrogen-bond acceptors (Lipinski definition) is 4. The van der Waals surface area contributed by atoms with Gasteiger partial charge in [0, 0.05) is 19.6 Å². The summed E-state index contributed by atoms with van der Waals surface area (Å²) in [6.07, 6.45) is 4.29. The summed E-state index contributed by atoms with van der Waals surface area (Å²) >= 11 is 0.